The van der Waals surface area contributed by atoms with Crippen LogP contribution < -0.4 is 5.32 Å². The summed E-state index contributed by atoms with van der Waals surface area (Å²) in [7, 11) is -3.58. The Morgan fingerprint density at radius 3 is 2.77 bits per heavy atom. The van der Waals surface area contributed by atoms with Gasteiger partial charge in [-0.05, 0) is 36.8 Å². The van der Waals surface area contributed by atoms with E-state index in [1.807, 2.05) is 25.1 Å². The number of amides is 1. The van der Waals surface area contributed by atoms with Crippen LogP contribution in [0.1, 0.15) is 16.1 Å². The molecule has 1 aromatic carbocycles. The van der Waals surface area contributed by atoms with Gasteiger partial charge < -0.3 is 0 Å². The van der Waals surface area contributed by atoms with Crippen LogP contribution in [0.25, 0.3) is 15.7 Å². The van der Waals surface area contributed by atoms with Crippen LogP contribution in [0.2, 0.25) is 0 Å². The topological polar surface area (TPSA) is 93.4 Å². The largest absolute Gasteiger partial charge is 0.296 e. The van der Waals surface area contributed by atoms with E-state index in [9.17, 15) is 13.2 Å². The number of nitrogens with one attached hydrogen (secondary N) is 1. The average molecular weight is 386 g/mol. The number of nitrogens with zero attached hydrogens (tertiary/aromatic N) is 3. The molecule has 0 atom stereocenters. The van der Waals surface area contributed by atoms with Crippen molar-refractivity contribution in [3.05, 3.63) is 53.9 Å². The highest BCUT2D eigenvalue weighted by Gasteiger charge is 2.23. The fraction of sp³-hybridized carbons (Fsp3) is 0.118. The number of anilines is 1. The Morgan fingerprint density at radius 2 is 2.00 bits per heavy atom. The number of thiazole rings is 1. The molecule has 0 bridgehead atoms. The van der Waals surface area contributed by atoms with Gasteiger partial charge in [0.1, 0.15) is 0 Å². The molecule has 9 heteroatoms. The van der Waals surface area contributed by atoms with Gasteiger partial charge >= 0.3 is 0 Å². The third-order valence-electron chi connectivity index (χ3n) is 3.83. The fourth-order valence-corrected chi connectivity index (χ4v) is 4.41. The molecule has 0 aliphatic rings. The third kappa shape index (κ3) is 2.85. The van der Waals surface area contributed by atoms with Crippen LogP contribution in [-0.4, -0.2) is 34.9 Å². The summed E-state index contributed by atoms with van der Waals surface area (Å²) in [5, 5.41) is 2.99. The quantitative estimate of drug-likeness (QED) is 0.584. The highest BCUT2D eigenvalue weighted by molar-refractivity contribution is 7.90. The zero-order valence-corrected chi connectivity index (χ0v) is 15.6. The predicted octanol–water partition coefficient (Wildman–Crippen LogP) is 2.91. The van der Waals surface area contributed by atoms with Gasteiger partial charge in [-0.25, -0.2) is 18.4 Å². The van der Waals surface area contributed by atoms with Gasteiger partial charge in [-0.2, -0.15) is 0 Å². The predicted molar refractivity (Wildman–Crippen MR) is 101 cm³/mol. The first-order valence-electron chi connectivity index (χ1n) is 7.68. The van der Waals surface area contributed by atoms with Crippen molar-refractivity contribution in [2.24, 2.45) is 0 Å². The number of carbonyl (C=O) groups excluding carboxylic acids is 1. The van der Waals surface area contributed by atoms with Crippen molar-refractivity contribution >= 4 is 47.9 Å². The zero-order valence-electron chi connectivity index (χ0n) is 13.9. The number of rotatable bonds is 3. The summed E-state index contributed by atoms with van der Waals surface area (Å²) < 4.78 is 26.3. The third-order valence-corrected chi connectivity index (χ3v) is 5.71. The van der Waals surface area contributed by atoms with Gasteiger partial charge in [-0.3, -0.25) is 14.5 Å². The molecule has 0 saturated carbocycles. The summed E-state index contributed by atoms with van der Waals surface area (Å²) in [6.45, 7) is 1.99. The number of hydrogen-bond acceptors (Lipinski definition) is 6. The zero-order chi connectivity index (χ0) is 18.5. The van der Waals surface area contributed by atoms with Crippen molar-refractivity contribution < 1.29 is 13.2 Å². The van der Waals surface area contributed by atoms with Crippen LogP contribution >= 0.6 is 11.3 Å². The minimum absolute atomic E-state index is 0.0430. The molecule has 1 N–H and O–H groups in total. The minimum Gasteiger partial charge on any atom is -0.296 e. The molecule has 26 heavy (non-hydrogen) atoms. The van der Waals surface area contributed by atoms with Crippen LogP contribution in [0.15, 0.2) is 47.8 Å². The number of carbonyl (C=O) groups is 1. The van der Waals surface area contributed by atoms with E-state index < -0.39 is 15.7 Å². The van der Waals surface area contributed by atoms with Gasteiger partial charge in [0.2, 0.25) is 15.0 Å². The van der Waals surface area contributed by atoms with E-state index in [-0.39, 0.29) is 10.9 Å². The minimum atomic E-state index is -3.58. The summed E-state index contributed by atoms with van der Waals surface area (Å²) in [4.78, 5) is 21.2. The molecule has 4 rings (SSSR count). The SMILES string of the molecule is Cc1ccc2nc(NC(=O)c3nc(S(C)(=O)=O)n4ccccc34)sc2c1. The fourth-order valence-electron chi connectivity index (χ4n) is 2.68. The molecule has 1 amide bonds. The summed E-state index contributed by atoms with van der Waals surface area (Å²) in [6.07, 6.45) is 2.63. The molecule has 0 unspecified atom stereocenters. The number of aryl methyl sites for hydroxylation is 1. The van der Waals surface area contributed by atoms with Crippen molar-refractivity contribution in [3.63, 3.8) is 0 Å². The maximum Gasteiger partial charge on any atom is 0.278 e. The second-order valence-electron chi connectivity index (χ2n) is 5.92. The number of fused-ring (bicyclic) bond motifs is 2. The number of imidazole rings is 1. The molecule has 3 heterocycles. The van der Waals surface area contributed by atoms with E-state index in [0.717, 1.165) is 22.0 Å². The number of sulfone groups is 1. The molecule has 132 valence electrons. The van der Waals surface area contributed by atoms with Crippen LogP contribution in [0.4, 0.5) is 5.13 Å². The second-order valence-corrected chi connectivity index (χ2v) is 8.86. The van der Waals surface area contributed by atoms with Gasteiger partial charge in [0.25, 0.3) is 5.91 Å². The van der Waals surface area contributed by atoms with Crippen molar-refractivity contribution in [2.45, 2.75) is 12.1 Å². The van der Waals surface area contributed by atoms with Crippen molar-refractivity contribution in [3.8, 4) is 0 Å². The smallest absolute Gasteiger partial charge is 0.278 e. The Morgan fingerprint density at radius 1 is 1.19 bits per heavy atom. The van der Waals surface area contributed by atoms with Crippen molar-refractivity contribution in [1.29, 1.82) is 0 Å². The number of hydrogen-bond donors (Lipinski definition) is 1. The Kier molecular flexibility index (Phi) is 3.78. The maximum atomic E-state index is 12.7. The molecule has 0 saturated heterocycles. The molecule has 0 fully saturated rings. The Hall–Kier alpha value is -2.78. The molecule has 0 aliphatic heterocycles. The summed E-state index contributed by atoms with van der Waals surface area (Å²) >= 11 is 1.36. The van der Waals surface area contributed by atoms with E-state index in [0.29, 0.717) is 10.6 Å². The van der Waals surface area contributed by atoms with Crippen LogP contribution in [0.3, 0.4) is 0 Å². The summed E-state index contributed by atoms with van der Waals surface area (Å²) in [5.41, 5.74) is 2.36. The van der Waals surface area contributed by atoms with Gasteiger partial charge in [0, 0.05) is 12.5 Å². The normalized spacial score (nSPS) is 11.9. The van der Waals surface area contributed by atoms with E-state index in [1.54, 1.807) is 24.4 Å². The van der Waals surface area contributed by atoms with E-state index >= 15 is 0 Å². The molecule has 3 aromatic heterocycles. The first-order valence-corrected chi connectivity index (χ1v) is 10.4. The van der Waals surface area contributed by atoms with Crippen LogP contribution in [-0.2, 0) is 9.84 Å². The lowest BCUT2D eigenvalue weighted by molar-refractivity contribution is 0.102. The summed E-state index contributed by atoms with van der Waals surface area (Å²) in [6, 6.07) is 10.9. The molecule has 0 spiro atoms. The van der Waals surface area contributed by atoms with Gasteiger partial charge in [0.05, 0.1) is 15.7 Å². The van der Waals surface area contributed by atoms with E-state index in [4.69, 9.17) is 0 Å². The molecule has 0 radical (unpaired) electrons. The number of aromatic nitrogens is 3. The second kappa shape index (κ2) is 5.89. The Balaban J connectivity index is 1.76. The monoisotopic (exact) mass is 386 g/mol. The van der Waals surface area contributed by atoms with Gasteiger partial charge in [-0.15, -0.1) is 0 Å². The lowest BCUT2D eigenvalue weighted by atomic mass is 10.2. The maximum absolute atomic E-state index is 12.7. The van der Waals surface area contributed by atoms with E-state index in [2.05, 4.69) is 15.3 Å². The van der Waals surface area contributed by atoms with Crippen LogP contribution in [0, 0.1) is 6.92 Å². The first kappa shape index (κ1) is 16.7. The lowest BCUT2D eigenvalue weighted by Crippen LogP contribution is -2.13. The summed E-state index contributed by atoms with van der Waals surface area (Å²) in [5.74, 6) is -0.501. The average Bonchev–Trinajstić information content (AvgIpc) is 3.14. The molecular formula is C17H14N4O3S2. The molecule has 7 nitrogen and oxygen atoms in total. The highest BCUT2D eigenvalue weighted by atomic mass is 32.2. The van der Waals surface area contributed by atoms with Gasteiger partial charge in [0.15, 0.2) is 10.8 Å². The molecular weight excluding hydrogens is 372 g/mol. The number of benzene rings is 1. The number of pyridine rings is 1. The standard InChI is InChI=1S/C17H14N4O3S2/c1-10-6-7-11-13(9-10)25-16(18-11)20-15(22)14-12-5-3-4-8-21(12)17(19-14)26(2,23)24/h3-9H,1-2H3,(H,18,20,22). The lowest BCUT2D eigenvalue weighted by Gasteiger charge is -1.99. The Bertz CT molecular complexity index is 1270. The van der Waals surface area contributed by atoms with Crippen LogP contribution in [0.5, 0.6) is 0 Å². The Labute approximate surface area is 153 Å². The molecule has 0 aliphatic carbocycles. The molecule has 4 aromatic rings. The van der Waals surface area contributed by atoms with Gasteiger partial charge in [-0.1, -0.05) is 23.5 Å². The van der Waals surface area contributed by atoms with Crippen molar-refractivity contribution in [1.82, 2.24) is 14.4 Å². The first-order chi connectivity index (χ1) is 12.3. The highest BCUT2D eigenvalue weighted by Crippen LogP contribution is 2.27. The van der Waals surface area contributed by atoms with E-state index in [1.165, 1.54) is 15.7 Å². The van der Waals surface area contributed by atoms with Crippen molar-refractivity contribution in [2.75, 3.05) is 11.6 Å².